The normalized spacial score (nSPS) is 11.5. The molecule has 24 heavy (non-hydrogen) atoms. The molecule has 0 saturated heterocycles. The molecule has 1 N–H and O–H groups in total. The largest absolute Gasteiger partial charge is 0.507 e. The number of allylic oxidation sites excluding steroid dienone is 1. The van der Waals surface area contributed by atoms with Crippen molar-refractivity contribution in [2.24, 2.45) is 0 Å². The zero-order chi connectivity index (χ0) is 17.3. The van der Waals surface area contributed by atoms with Crippen molar-refractivity contribution in [2.45, 2.75) is 18.7 Å². The third-order valence-electron chi connectivity index (χ3n) is 4.00. The monoisotopic (exact) mass is 338 g/mol. The fraction of sp³-hybridized carbons (Fsp3) is 0.150. The Bertz CT molecular complexity index is 928. The van der Waals surface area contributed by atoms with E-state index in [2.05, 4.69) is 0 Å². The highest BCUT2D eigenvalue weighted by Gasteiger charge is 2.13. The third-order valence-corrected chi connectivity index (χ3v) is 4.80. The van der Waals surface area contributed by atoms with Gasteiger partial charge in [-0.15, -0.1) is 11.8 Å². The van der Waals surface area contributed by atoms with Gasteiger partial charge in [0.05, 0.1) is 11.8 Å². The number of thioether (sulfide) groups is 1. The van der Waals surface area contributed by atoms with Crippen molar-refractivity contribution < 1.29 is 14.3 Å². The second-order valence-electron chi connectivity index (χ2n) is 5.68. The second-order valence-corrected chi connectivity index (χ2v) is 6.53. The van der Waals surface area contributed by atoms with Gasteiger partial charge < -0.3 is 9.52 Å². The third kappa shape index (κ3) is 2.97. The Balaban J connectivity index is 1.95. The van der Waals surface area contributed by atoms with Crippen molar-refractivity contribution in [1.29, 1.82) is 0 Å². The van der Waals surface area contributed by atoms with Crippen LogP contribution in [0, 0.1) is 13.8 Å². The van der Waals surface area contributed by atoms with E-state index in [4.69, 9.17) is 4.42 Å². The Hall–Kier alpha value is -2.46. The molecule has 0 fully saturated rings. The van der Waals surface area contributed by atoms with E-state index < -0.39 is 0 Å². The molecule has 1 aromatic heterocycles. The van der Waals surface area contributed by atoms with Crippen LogP contribution in [-0.2, 0) is 0 Å². The van der Waals surface area contributed by atoms with Crippen LogP contribution < -0.4 is 0 Å². The smallest absolute Gasteiger partial charge is 0.189 e. The van der Waals surface area contributed by atoms with E-state index in [1.807, 2.05) is 44.4 Å². The van der Waals surface area contributed by atoms with Gasteiger partial charge in [-0.3, -0.25) is 4.79 Å². The minimum absolute atomic E-state index is 0.106. The van der Waals surface area contributed by atoms with Crippen molar-refractivity contribution in [1.82, 2.24) is 0 Å². The number of furan rings is 1. The molecule has 0 bridgehead atoms. The first kappa shape index (κ1) is 16.4. The average Bonchev–Trinajstić information content (AvgIpc) is 3.06. The number of phenolic OH excluding ortho intramolecular Hbond substituents is 1. The van der Waals surface area contributed by atoms with Gasteiger partial charge in [-0.1, -0.05) is 6.08 Å². The quantitative estimate of drug-likeness (QED) is 0.394. The van der Waals surface area contributed by atoms with E-state index in [0.717, 1.165) is 27.0 Å². The number of hydrogen-bond acceptors (Lipinski definition) is 4. The minimum Gasteiger partial charge on any atom is -0.507 e. The molecule has 3 aromatic rings. The molecule has 0 spiro atoms. The van der Waals surface area contributed by atoms with Gasteiger partial charge >= 0.3 is 0 Å². The van der Waals surface area contributed by atoms with Crippen LogP contribution in [0.1, 0.15) is 27.0 Å². The molecule has 0 aliphatic heterocycles. The van der Waals surface area contributed by atoms with Gasteiger partial charge in [0.1, 0.15) is 11.3 Å². The molecule has 0 atom stereocenters. The van der Waals surface area contributed by atoms with Gasteiger partial charge in [-0.25, -0.2) is 0 Å². The number of ketones is 1. The molecule has 1 heterocycles. The lowest BCUT2D eigenvalue weighted by atomic mass is 10.0. The van der Waals surface area contributed by atoms with E-state index in [-0.39, 0.29) is 5.78 Å². The van der Waals surface area contributed by atoms with Gasteiger partial charge in [0.15, 0.2) is 5.78 Å². The van der Waals surface area contributed by atoms with Crippen LogP contribution in [0.4, 0.5) is 0 Å². The summed E-state index contributed by atoms with van der Waals surface area (Å²) in [7, 11) is 0. The Morgan fingerprint density at radius 1 is 1.17 bits per heavy atom. The number of aromatic hydroxyl groups is 1. The molecule has 4 heteroatoms. The maximum Gasteiger partial charge on any atom is 0.189 e. The van der Waals surface area contributed by atoms with Gasteiger partial charge in [-0.05, 0) is 73.2 Å². The summed E-state index contributed by atoms with van der Waals surface area (Å²) in [6.07, 6.45) is 6.91. The average molecular weight is 338 g/mol. The van der Waals surface area contributed by atoms with Crippen molar-refractivity contribution in [3.8, 4) is 5.75 Å². The molecule has 0 unspecified atom stereocenters. The van der Waals surface area contributed by atoms with Crippen LogP contribution in [0.25, 0.3) is 17.0 Å². The first-order chi connectivity index (χ1) is 11.5. The lowest BCUT2D eigenvalue weighted by Crippen LogP contribution is -1.95. The van der Waals surface area contributed by atoms with E-state index in [9.17, 15) is 9.90 Å². The van der Waals surface area contributed by atoms with Crippen LogP contribution in [-0.4, -0.2) is 17.1 Å². The summed E-state index contributed by atoms with van der Waals surface area (Å²) in [6, 6.07) is 9.33. The van der Waals surface area contributed by atoms with Crippen LogP contribution >= 0.6 is 11.8 Å². The number of phenols is 1. The van der Waals surface area contributed by atoms with Gasteiger partial charge in [0.25, 0.3) is 0 Å². The van der Waals surface area contributed by atoms with Crippen molar-refractivity contribution in [3.05, 3.63) is 64.9 Å². The molecular formula is C20H18O3S. The summed E-state index contributed by atoms with van der Waals surface area (Å²) < 4.78 is 5.52. The minimum atomic E-state index is -0.106. The molecule has 2 aromatic carbocycles. The first-order valence-electron chi connectivity index (χ1n) is 7.58. The fourth-order valence-corrected chi connectivity index (χ4v) is 3.34. The maximum atomic E-state index is 12.6. The number of benzene rings is 2. The van der Waals surface area contributed by atoms with E-state index in [1.165, 1.54) is 0 Å². The number of aryl methyl sites for hydroxylation is 2. The number of rotatable bonds is 4. The second kappa shape index (κ2) is 6.57. The number of fused-ring (bicyclic) bond motifs is 1. The summed E-state index contributed by atoms with van der Waals surface area (Å²) in [6.45, 7) is 3.68. The summed E-state index contributed by atoms with van der Waals surface area (Å²) in [5.74, 6) is 0.189. The Morgan fingerprint density at radius 3 is 2.54 bits per heavy atom. The fourth-order valence-electron chi connectivity index (χ4n) is 2.76. The topological polar surface area (TPSA) is 50.4 Å². The SMILES string of the molecule is CSc1ccc(C(=O)/C=C/c2cc(C)c(O)c(C)c2)c2occc12. The lowest BCUT2D eigenvalue weighted by Gasteiger charge is -2.05. The summed E-state index contributed by atoms with van der Waals surface area (Å²) >= 11 is 1.63. The van der Waals surface area contributed by atoms with Crippen molar-refractivity contribution >= 4 is 34.6 Å². The zero-order valence-corrected chi connectivity index (χ0v) is 14.6. The Morgan fingerprint density at radius 2 is 1.88 bits per heavy atom. The van der Waals surface area contributed by atoms with Crippen LogP contribution in [0.2, 0.25) is 0 Å². The Kier molecular flexibility index (Phi) is 4.49. The van der Waals surface area contributed by atoms with E-state index >= 15 is 0 Å². The molecular weight excluding hydrogens is 320 g/mol. The zero-order valence-electron chi connectivity index (χ0n) is 13.8. The molecule has 0 radical (unpaired) electrons. The molecule has 0 amide bonds. The Labute approximate surface area is 145 Å². The summed E-state index contributed by atoms with van der Waals surface area (Å²) in [4.78, 5) is 13.7. The summed E-state index contributed by atoms with van der Waals surface area (Å²) in [5, 5.41) is 10.8. The van der Waals surface area contributed by atoms with Crippen LogP contribution in [0.15, 0.2) is 52.0 Å². The van der Waals surface area contributed by atoms with Gasteiger partial charge in [0, 0.05) is 10.3 Å². The van der Waals surface area contributed by atoms with Gasteiger partial charge in [-0.2, -0.15) is 0 Å². The van der Waals surface area contributed by atoms with E-state index in [0.29, 0.717) is 16.9 Å². The molecule has 3 rings (SSSR count). The molecule has 0 aliphatic carbocycles. The predicted molar refractivity (Wildman–Crippen MR) is 98.9 cm³/mol. The van der Waals surface area contributed by atoms with Gasteiger partial charge in [0.2, 0.25) is 0 Å². The highest BCUT2D eigenvalue weighted by Crippen LogP contribution is 2.30. The van der Waals surface area contributed by atoms with E-state index in [1.54, 1.807) is 36.2 Å². The summed E-state index contributed by atoms with van der Waals surface area (Å²) in [5.41, 5.74) is 3.64. The first-order valence-corrected chi connectivity index (χ1v) is 8.80. The van der Waals surface area contributed by atoms with Crippen molar-refractivity contribution in [3.63, 3.8) is 0 Å². The maximum absolute atomic E-state index is 12.6. The number of carbonyl (C=O) groups excluding carboxylic acids is 1. The predicted octanol–water partition coefficient (Wildman–Crippen LogP) is 5.37. The highest BCUT2D eigenvalue weighted by molar-refractivity contribution is 7.98. The van der Waals surface area contributed by atoms with Crippen LogP contribution in [0.5, 0.6) is 5.75 Å². The molecule has 0 aliphatic rings. The van der Waals surface area contributed by atoms with Crippen LogP contribution in [0.3, 0.4) is 0 Å². The molecule has 0 saturated carbocycles. The standard InChI is InChI=1S/C20H18O3S/c1-12-10-14(11-13(2)19(12)22)4-6-17(21)15-5-7-18(24-3)16-8-9-23-20(15)16/h4-11,22H,1-3H3/b6-4+. The molecule has 122 valence electrons. The number of carbonyl (C=O) groups is 1. The van der Waals surface area contributed by atoms with Crippen molar-refractivity contribution in [2.75, 3.05) is 6.26 Å². The molecule has 3 nitrogen and oxygen atoms in total. The number of hydrogen-bond donors (Lipinski definition) is 1. The lowest BCUT2D eigenvalue weighted by molar-refractivity contribution is 0.104. The highest BCUT2D eigenvalue weighted by atomic mass is 32.2.